The number of rotatable bonds is 7. The normalized spacial score (nSPS) is 13.2. The summed E-state index contributed by atoms with van der Waals surface area (Å²) in [6, 6.07) is 7.32. The van der Waals surface area contributed by atoms with Gasteiger partial charge >= 0.3 is 0 Å². The molecule has 3 nitrogen and oxygen atoms in total. The zero-order chi connectivity index (χ0) is 13.6. The molecular formula is C14H21NO2S. The summed E-state index contributed by atoms with van der Waals surface area (Å²) in [6.45, 7) is 6.61. The fourth-order valence-electron chi connectivity index (χ4n) is 1.88. The van der Waals surface area contributed by atoms with Crippen LogP contribution in [0.25, 0.3) is 0 Å². The molecule has 0 aliphatic heterocycles. The smallest absolute Gasteiger partial charge is 0.175 e. The molecule has 0 aliphatic carbocycles. The fourth-order valence-corrected chi connectivity index (χ4v) is 2.56. The Morgan fingerprint density at radius 3 is 2.72 bits per heavy atom. The van der Waals surface area contributed by atoms with E-state index in [9.17, 15) is 8.42 Å². The molecule has 0 radical (unpaired) electrons. The average molecular weight is 267 g/mol. The number of sulfone groups is 1. The molecule has 1 atom stereocenters. The zero-order valence-corrected chi connectivity index (χ0v) is 11.8. The first-order valence-electron chi connectivity index (χ1n) is 6.13. The van der Waals surface area contributed by atoms with E-state index in [0.29, 0.717) is 4.90 Å². The van der Waals surface area contributed by atoms with Crippen molar-refractivity contribution < 1.29 is 8.42 Å². The van der Waals surface area contributed by atoms with Crippen molar-refractivity contribution in [1.82, 2.24) is 5.32 Å². The molecule has 1 aromatic carbocycles. The van der Waals surface area contributed by atoms with E-state index in [-0.39, 0.29) is 6.04 Å². The Balaban J connectivity index is 3.01. The van der Waals surface area contributed by atoms with E-state index in [1.165, 1.54) is 6.26 Å². The third-order valence-electron chi connectivity index (χ3n) is 2.80. The topological polar surface area (TPSA) is 46.2 Å². The third-order valence-corrected chi connectivity index (χ3v) is 3.91. The Hall–Kier alpha value is -1.13. The summed E-state index contributed by atoms with van der Waals surface area (Å²) in [5.74, 6) is 0. The van der Waals surface area contributed by atoms with E-state index in [0.717, 1.165) is 24.9 Å². The second kappa shape index (κ2) is 6.71. The second-order valence-corrected chi connectivity index (χ2v) is 6.34. The second-order valence-electron chi connectivity index (χ2n) is 4.32. The molecule has 0 aromatic heterocycles. The van der Waals surface area contributed by atoms with E-state index in [1.807, 2.05) is 19.1 Å². The SMILES string of the molecule is C=CCCC(NCC)c1cccc(S(C)(=O)=O)c1. The first kappa shape index (κ1) is 14.9. The molecule has 0 fully saturated rings. The molecule has 4 heteroatoms. The van der Waals surface area contributed by atoms with Crippen molar-refractivity contribution in [2.75, 3.05) is 12.8 Å². The van der Waals surface area contributed by atoms with Gasteiger partial charge < -0.3 is 5.32 Å². The highest BCUT2D eigenvalue weighted by atomic mass is 32.2. The predicted octanol–water partition coefficient (Wildman–Crippen LogP) is 2.71. The van der Waals surface area contributed by atoms with Gasteiger partial charge in [0.25, 0.3) is 0 Å². The molecule has 0 saturated carbocycles. The Labute approximate surface area is 110 Å². The van der Waals surface area contributed by atoms with Crippen LogP contribution in [0.15, 0.2) is 41.8 Å². The lowest BCUT2D eigenvalue weighted by Gasteiger charge is -2.18. The summed E-state index contributed by atoms with van der Waals surface area (Å²) < 4.78 is 23.1. The highest BCUT2D eigenvalue weighted by molar-refractivity contribution is 7.90. The maximum absolute atomic E-state index is 11.5. The minimum atomic E-state index is -3.14. The van der Waals surface area contributed by atoms with Crippen molar-refractivity contribution in [3.8, 4) is 0 Å². The van der Waals surface area contributed by atoms with Crippen LogP contribution in [0.5, 0.6) is 0 Å². The van der Waals surface area contributed by atoms with Gasteiger partial charge in [0.15, 0.2) is 9.84 Å². The van der Waals surface area contributed by atoms with Gasteiger partial charge in [0, 0.05) is 12.3 Å². The Morgan fingerprint density at radius 1 is 1.44 bits per heavy atom. The lowest BCUT2D eigenvalue weighted by Crippen LogP contribution is -2.21. The minimum absolute atomic E-state index is 0.176. The molecular weight excluding hydrogens is 246 g/mol. The quantitative estimate of drug-likeness (QED) is 0.773. The maximum Gasteiger partial charge on any atom is 0.175 e. The average Bonchev–Trinajstić information content (AvgIpc) is 2.33. The largest absolute Gasteiger partial charge is 0.310 e. The summed E-state index contributed by atoms with van der Waals surface area (Å²) in [4.78, 5) is 0.376. The van der Waals surface area contributed by atoms with E-state index in [1.54, 1.807) is 18.2 Å². The Morgan fingerprint density at radius 2 is 2.17 bits per heavy atom. The zero-order valence-electron chi connectivity index (χ0n) is 11.0. The number of benzene rings is 1. The van der Waals surface area contributed by atoms with Crippen LogP contribution in [-0.2, 0) is 9.84 Å². The minimum Gasteiger partial charge on any atom is -0.310 e. The number of nitrogens with one attached hydrogen (secondary N) is 1. The van der Waals surface area contributed by atoms with E-state index in [4.69, 9.17) is 0 Å². The van der Waals surface area contributed by atoms with Crippen LogP contribution in [0.1, 0.15) is 31.4 Å². The summed E-state index contributed by atoms with van der Waals surface area (Å²) in [7, 11) is -3.14. The third kappa shape index (κ3) is 4.27. The Kier molecular flexibility index (Phi) is 5.56. The number of hydrogen-bond donors (Lipinski definition) is 1. The van der Waals surface area contributed by atoms with Gasteiger partial charge in [0.2, 0.25) is 0 Å². The standard InChI is InChI=1S/C14H21NO2S/c1-4-6-10-14(15-5-2)12-8-7-9-13(11-12)18(3,16)17/h4,7-9,11,14-15H,1,5-6,10H2,2-3H3. The van der Waals surface area contributed by atoms with Crippen molar-refractivity contribution >= 4 is 9.84 Å². The molecule has 1 unspecified atom stereocenters. The monoisotopic (exact) mass is 267 g/mol. The summed E-state index contributed by atoms with van der Waals surface area (Å²) >= 11 is 0. The van der Waals surface area contributed by atoms with E-state index < -0.39 is 9.84 Å². The molecule has 0 aliphatic rings. The van der Waals surface area contributed by atoms with Crippen LogP contribution < -0.4 is 5.32 Å². The summed E-state index contributed by atoms with van der Waals surface area (Å²) in [6.07, 6.45) is 4.94. The highest BCUT2D eigenvalue weighted by Gasteiger charge is 2.13. The number of allylic oxidation sites excluding steroid dienone is 1. The van der Waals surface area contributed by atoms with Gasteiger partial charge in [-0.2, -0.15) is 0 Å². The van der Waals surface area contributed by atoms with Crippen LogP contribution >= 0.6 is 0 Å². The van der Waals surface area contributed by atoms with Crippen LogP contribution in [0.3, 0.4) is 0 Å². The van der Waals surface area contributed by atoms with Crippen molar-refractivity contribution in [1.29, 1.82) is 0 Å². The molecule has 1 aromatic rings. The van der Waals surface area contributed by atoms with Crippen LogP contribution in [0, 0.1) is 0 Å². The molecule has 0 saturated heterocycles. The maximum atomic E-state index is 11.5. The van der Waals surface area contributed by atoms with E-state index >= 15 is 0 Å². The van der Waals surface area contributed by atoms with Gasteiger partial charge in [-0.05, 0) is 37.1 Å². The number of hydrogen-bond acceptors (Lipinski definition) is 3. The molecule has 18 heavy (non-hydrogen) atoms. The van der Waals surface area contributed by atoms with Crippen molar-refractivity contribution in [2.45, 2.75) is 30.7 Å². The van der Waals surface area contributed by atoms with Crippen LogP contribution in [0.2, 0.25) is 0 Å². The first-order valence-corrected chi connectivity index (χ1v) is 8.02. The summed E-state index contributed by atoms with van der Waals surface area (Å²) in [5, 5.41) is 3.37. The highest BCUT2D eigenvalue weighted by Crippen LogP contribution is 2.21. The van der Waals surface area contributed by atoms with Gasteiger partial charge in [0.05, 0.1) is 4.90 Å². The fraction of sp³-hybridized carbons (Fsp3) is 0.429. The lowest BCUT2D eigenvalue weighted by atomic mass is 10.0. The molecule has 0 spiro atoms. The molecule has 1 rings (SSSR count). The van der Waals surface area contributed by atoms with Gasteiger partial charge in [-0.15, -0.1) is 6.58 Å². The van der Waals surface area contributed by atoms with Crippen molar-refractivity contribution in [3.63, 3.8) is 0 Å². The van der Waals surface area contributed by atoms with Crippen molar-refractivity contribution in [3.05, 3.63) is 42.5 Å². The van der Waals surface area contributed by atoms with Gasteiger partial charge in [0.1, 0.15) is 0 Å². The van der Waals surface area contributed by atoms with Crippen molar-refractivity contribution in [2.24, 2.45) is 0 Å². The first-order chi connectivity index (χ1) is 8.49. The molecule has 0 heterocycles. The summed E-state index contributed by atoms with van der Waals surface area (Å²) in [5.41, 5.74) is 1.02. The van der Waals surface area contributed by atoms with E-state index in [2.05, 4.69) is 11.9 Å². The van der Waals surface area contributed by atoms with Crippen LogP contribution in [0.4, 0.5) is 0 Å². The molecule has 0 bridgehead atoms. The molecule has 0 amide bonds. The Bertz CT molecular complexity index is 494. The van der Waals surface area contributed by atoms with Gasteiger partial charge in [-0.25, -0.2) is 8.42 Å². The molecule has 1 N–H and O–H groups in total. The van der Waals surface area contributed by atoms with Crippen LogP contribution in [-0.4, -0.2) is 21.2 Å². The lowest BCUT2D eigenvalue weighted by molar-refractivity contribution is 0.518. The van der Waals surface area contributed by atoms with Gasteiger partial charge in [-0.3, -0.25) is 0 Å². The molecule has 100 valence electrons. The predicted molar refractivity (Wildman–Crippen MR) is 75.4 cm³/mol. The van der Waals surface area contributed by atoms with Gasteiger partial charge in [-0.1, -0.05) is 25.1 Å².